The van der Waals surface area contributed by atoms with Gasteiger partial charge in [0.2, 0.25) is 10.0 Å². The van der Waals surface area contributed by atoms with E-state index in [9.17, 15) is 40.4 Å². The van der Waals surface area contributed by atoms with E-state index in [0.29, 0.717) is 22.5 Å². The van der Waals surface area contributed by atoms with Gasteiger partial charge in [-0.05, 0) is 42.3 Å². The summed E-state index contributed by atoms with van der Waals surface area (Å²) in [7, 11) is -8.19. The van der Waals surface area contributed by atoms with Gasteiger partial charge < -0.3 is 10.2 Å². The lowest BCUT2D eigenvalue weighted by molar-refractivity contribution is -0.137. The monoisotopic (exact) mass is 549 g/mol. The Hall–Kier alpha value is -1.41. The van der Waals surface area contributed by atoms with Crippen LogP contribution in [0, 0.1) is 5.82 Å². The molecule has 0 aromatic heterocycles. The lowest BCUT2D eigenvalue weighted by atomic mass is 10.1. The van der Waals surface area contributed by atoms with E-state index in [2.05, 4.69) is 5.87 Å². The van der Waals surface area contributed by atoms with Crippen molar-refractivity contribution in [1.29, 1.82) is 0 Å². The number of benzene rings is 2. The molecule has 0 aliphatic carbocycles. The topological polar surface area (TPSA) is 94.9 Å². The quantitative estimate of drug-likeness (QED) is 0.441. The first kappa shape index (κ1) is 26.2. The standard InChI is InChI=1S/C19H17Cl2F4NO5S2/c1-32(29,12-3-4-13(20)15(22)7-12)17-8-26(9-18(17,28)10-27)33(30,31)16-5-2-11(6-14(16)21)19(23,24)25/h2-7,17,27-28H,1,8-10H2/t17?,18-,32?/m1/s1. The first-order valence-electron chi connectivity index (χ1n) is 9.05. The highest BCUT2D eigenvalue weighted by Gasteiger charge is 2.53. The molecule has 2 aromatic carbocycles. The highest BCUT2D eigenvalue weighted by Crippen LogP contribution is 2.38. The molecule has 0 saturated carbocycles. The van der Waals surface area contributed by atoms with Crippen LogP contribution in [0.5, 0.6) is 0 Å². The molecule has 0 spiro atoms. The van der Waals surface area contributed by atoms with Crippen LogP contribution in [-0.4, -0.2) is 63.6 Å². The minimum absolute atomic E-state index is 0.173. The van der Waals surface area contributed by atoms with Crippen molar-refractivity contribution in [2.45, 2.75) is 26.8 Å². The highest BCUT2D eigenvalue weighted by molar-refractivity contribution is 8.01. The molecule has 1 heterocycles. The van der Waals surface area contributed by atoms with Crippen molar-refractivity contribution in [3.8, 4) is 0 Å². The summed E-state index contributed by atoms with van der Waals surface area (Å²) >= 11 is 11.4. The van der Waals surface area contributed by atoms with E-state index in [1.807, 2.05) is 0 Å². The molecule has 1 saturated heterocycles. The van der Waals surface area contributed by atoms with Gasteiger partial charge in [0.05, 0.1) is 27.5 Å². The Morgan fingerprint density at radius 3 is 2.27 bits per heavy atom. The van der Waals surface area contributed by atoms with Crippen molar-refractivity contribution in [1.82, 2.24) is 4.31 Å². The van der Waals surface area contributed by atoms with Crippen molar-refractivity contribution in [3.63, 3.8) is 0 Å². The number of aliphatic hydroxyl groups is 2. The largest absolute Gasteiger partial charge is 0.416 e. The molecule has 3 atom stereocenters. The van der Waals surface area contributed by atoms with Gasteiger partial charge in [-0.3, -0.25) is 4.21 Å². The molecular weight excluding hydrogens is 533 g/mol. The van der Waals surface area contributed by atoms with E-state index in [4.69, 9.17) is 23.2 Å². The Morgan fingerprint density at radius 1 is 1.12 bits per heavy atom. The number of halogens is 6. The van der Waals surface area contributed by atoms with E-state index in [1.54, 1.807) is 0 Å². The minimum atomic E-state index is -4.75. The van der Waals surface area contributed by atoms with E-state index >= 15 is 0 Å². The first-order chi connectivity index (χ1) is 15.0. The molecule has 182 valence electrons. The molecule has 3 rings (SSSR count). The average molecular weight is 550 g/mol. The zero-order valence-corrected chi connectivity index (χ0v) is 19.7. The maximum Gasteiger partial charge on any atom is 0.416 e. The van der Waals surface area contributed by atoms with Crippen LogP contribution in [-0.2, 0) is 25.7 Å². The second kappa shape index (κ2) is 8.67. The van der Waals surface area contributed by atoms with Crippen LogP contribution in [0.4, 0.5) is 17.6 Å². The van der Waals surface area contributed by atoms with Crippen molar-refractivity contribution >= 4 is 48.6 Å². The fraction of sp³-hybridized carbons (Fsp3) is 0.316. The Morgan fingerprint density at radius 2 is 1.76 bits per heavy atom. The van der Waals surface area contributed by atoms with Crippen LogP contribution >= 0.6 is 23.2 Å². The molecule has 2 aromatic rings. The van der Waals surface area contributed by atoms with Gasteiger partial charge in [-0.15, -0.1) is 0 Å². The van der Waals surface area contributed by atoms with Gasteiger partial charge in [-0.25, -0.2) is 12.8 Å². The molecule has 6 nitrogen and oxygen atoms in total. The summed E-state index contributed by atoms with van der Waals surface area (Å²) in [5.74, 6) is 2.64. The predicted octanol–water partition coefficient (Wildman–Crippen LogP) is 3.02. The maximum absolute atomic E-state index is 13.9. The van der Waals surface area contributed by atoms with Gasteiger partial charge in [0.1, 0.15) is 16.3 Å². The van der Waals surface area contributed by atoms with Crippen molar-refractivity contribution in [2.24, 2.45) is 0 Å². The lowest BCUT2D eigenvalue weighted by Gasteiger charge is -2.29. The number of hydrogen-bond acceptors (Lipinski definition) is 5. The molecule has 0 bridgehead atoms. The molecule has 2 N–H and O–H groups in total. The summed E-state index contributed by atoms with van der Waals surface area (Å²) in [4.78, 5) is -0.848. The third-order valence-corrected chi connectivity index (χ3v) is 10.5. The summed E-state index contributed by atoms with van der Waals surface area (Å²) in [5.41, 5.74) is -3.41. The molecule has 1 aliphatic heterocycles. The minimum Gasteiger partial charge on any atom is -0.393 e. The van der Waals surface area contributed by atoms with E-state index < -0.39 is 77.6 Å². The molecule has 14 heteroatoms. The van der Waals surface area contributed by atoms with Crippen LogP contribution < -0.4 is 0 Å². The Bertz CT molecular complexity index is 1300. The van der Waals surface area contributed by atoms with Crippen LogP contribution in [0.1, 0.15) is 5.56 Å². The first-order valence-corrected chi connectivity index (χ1v) is 13.0. The van der Waals surface area contributed by atoms with Crippen LogP contribution in [0.25, 0.3) is 0 Å². The fourth-order valence-corrected chi connectivity index (χ4v) is 7.97. The Balaban J connectivity index is 2.03. The van der Waals surface area contributed by atoms with Gasteiger partial charge in [-0.2, -0.15) is 17.5 Å². The van der Waals surface area contributed by atoms with E-state index in [1.165, 1.54) is 6.07 Å². The molecule has 2 unspecified atom stereocenters. The van der Waals surface area contributed by atoms with Gasteiger partial charge in [0.15, 0.2) is 0 Å². The molecule has 1 fully saturated rings. The Kier molecular flexibility index (Phi) is 6.88. The molecule has 1 aliphatic rings. The molecule has 0 radical (unpaired) electrons. The number of hydrogen-bond donors (Lipinski definition) is 2. The fourth-order valence-electron chi connectivity index (χ4n) is 3.52. The van der Waals surface area contributed by atoms with Crippen molar-refractivity contribution in [2.75, 3.05) is 19.7 Å². The second-order valence-electron chi connectivity index (χ2n) is 7.49. The highest BCUT2D eigenvalue weighted by atomic mass is 35.5. The third kappa shape index (κ3) is 4.75. The molecule has 0 amide bonds. The zero-order chi connectivity index (χ0) is 25.0. The summed E-state index contributed by atoms with van der Waals surface area (Å²) in [6.45, 7) is -2.41. The maximum atomic E-state index is 13.9. The number of alkyl halides is 3. The molecular formula is C19H17Cl2F4NO5S2. The zero-order valence-electron chi connectivity index (χ0n) is 16.5. The number of rotatable bonds is 5. The number of β-amino-alcohol motifs (C(OH)–C–C–N with tert-alkyl or cyclic N) is 1. The van der Waals surface area contributed by atoms with Crippen LogP contribution in [0.15, 0.2) is 46.2 Å². The number of aliphatic hydroxyl groups excluding tert-OH is 1. The normalized spacial score (nSPS) is 24.1. The van der Waals surface area contributed by atoms with Crippen LogP contribution in [0.2, 0.25) is 10.0 Å². The third-order valence-electron chi connectivity index (χ3n) is 5.32. The van der Waals surface area contributed by atoms with Crippen molar-refractivity contribution < 1.29 is 40.4 Å². The SMILES string of the molecule is C=S(=O)(c1ccc(Cl)c(F)c1)C1CN(S(=O)(=O)c2ccc(C(F)(F)F)cc2Cl)C[C@@]1(O)CO. The molecule has 33 heavy (non-hydrogen) atoms. The summed E-state index contributed by atoms with van der Waals surface area (Å²) < 4.78 is 92.9. The predicted molar refractivity (Wildman–Crippen MR) is 116 cm³/mol. The van der Waals surface area contributed by atoms with Gasteiger partial charge in [-0.1, -0.05) is 23.2 Å². The summed E-state index contributed by atoms with van der Waals surface area (Å²) in [5, 5.41) is 18.2. The number of nitrogens with zero attached hydrogens (tertiary/aromatic N) is 1. The van der Waals surface area contributed by atoms with E-state index in [0.717, 1.165) is 12.1 Å². The van der Waals surface area contributed by atoms with Crippen LogP contribution in [0.3, 0.4) is 0 Å². The van der Waals surface area contributed by atoms with Gasteiger partial charge in [0, 0.05) is 27.5 Å². The smallest absolute Gasteiger partial charge is 0.393 e. The van der Waals surface area contributed by atoms with E-state index in [-0.39, 0.29) is 9.92 Å². The lowest BCUT2D eigenvalue weighted by Crippen LogP contribution is -2.49. The number of sulfonamides is 1. The summed E-state index contributed by atoms with van der Waals surface area (Å²) in [6, 6.07) is 4.79. The summed E-state index contributed by atoms with van der Waals surface area (Å²) in [6.07, 6.45) is -4.75. The van der Waals surface area contributed by atoms with Gasteiger partial charge >= 0.3 is 6.18 Å². The van der Waals surface area contributed by atoms with Gasteiger partial charge in [0.25, 0.3) is 0 Å². The Labute approximate surface area is 197 Å². The average Bonchev–Trinajstić information content (AvgIpc) is 3.09. The second-order valence-corrected chi connectivity index (χ2v) is 12.7. The van der Waals surface area contributed by atoms with Crippen molar-refractivity contribution in [3.05, 3.63) is 57.8 Å².